The molecular formula is C15H14ClN3O5S. The zero-order chi connectivity index (χ0) is 18.2. The zero-order valence-electron chi connectivity index (χ0n) is 13.2. The van der Waals surface area contributed by atoms with Gasteiger partial charge in [-0.15, -0.1) is 0 Å². The number of fused-ring (bicyclic) bond motifs is 1. The number of hydrogen-bond acceptors (Lipinski definition) is 5. The number of H-pyrrole nitrogens is 2. The predicted molar refractivity (Wildman–Crippen MR) is 94.3 cm³/mol. The number of sulfonamides is 1. The van der Waals surface area contributed by atoms with E-state index in [0.717, 1.165) is 0 Å². The molecule has 3 rings (SSSR count). The van der Waals surface area contributed by atoms with Crippen LogP contribution in [0.1, 0.15) is 0 Å². The SMILES string of the molecule is COc1ccc(OC)c(NS(=O)(=O)c2cc3[nH]c(=O)[nH]c3cc2Cl)c1. The van der Waals surface area contributed by atoms with Crippen LogP contribution < -0.4 is 19.9 Å². The molecule has 1 aromatic heterocycles. The van der Waals surface area contributed by atoms with E-state index in [-0.39, 0.29) is 15.6 Å². The van der Waals surface area contributed by atoms with Gasteiger partial charge in [-0.1, -0.05) is 11.6 Å². The fraction of sp³-hybridized carbons (Fsp3) is 0.133. The van der Waals surface area contributed by atoms with E-state index in [1.165, 1.54) is 32.4 Å². The van der Waals surface area contributed by atoms with E-state index in [0.29, 0.717) is 22.5 Å². The lowest BCUT2D eigenvalue weighted by atomic mass is 10.3. The second-order valence-electron chi connectivity index (χ2n) is 5.08. The largest absolute Gasteiger partial charge is 0.497 e. The lowest BCUT2D eigenvalue weighted by molar-refractivity contribution is 0.405. The van der Waals surface area contributed by atoms with Crippen LogP contribution in [0.4, 0.5) is 5.69 Å². The molecule has 2 aromatic carbocycles. The van der Waals surface area contributed by atoms with Crippen molar-refractivity contribution >= 4 is 38.3 Å². The number of nitrogens with one attached hydrogen (secondary N) is 3. The second-order valence-corrected chi connectivity index (χ2v) is 7.14. The quantitative estimate of drug-likeness (QED) is 0.625. The molecule has 3 aromatic rings. The molecule has 0 spiro atoms. The summed E-state index contributed by atoms with van der Waals surface area (Å²) in [5, 5.41) is -0.0305. The second kappa shape index (κ2) is 6.34. The Morgan fingerprint density at radius 3 is 2.36 bits per heavy atom. The van der Waals surface area contributed by atoms with Crippen molar-refractivity contribution in [3.8, 4) is 11.5 Å². The molecule has 8 nitrogen and oxygen atoms in total. The van der Waals surface area contributed by atoms with Gasteiger partial charge in [0.25, 0.3) is 10.0 Å². The van der Waals surface area contributed by atoms with E-state index in [1.807, 2.05) is 0 Å². The van der Waals surface area contributed by atoms with Crippen LogP contribution in [0.5, 0.6) is 11.5 Å². The Morgan fingerprint density at radius 1 is 1.04 bits per heavy atom. The lowest BCUT2D eigenvalue weighted by Gasteiger charge is -2.14. The minimum Gasteiger partial charge on any atom is -0.497 e. The summed E-state index contributed by atoms with van der Waals surface area (Å²) >= 11 is 6.08. The van der Waals surface area contributed by atoms with Crippen LogP contribution in [0.25, 0.3) is 11.0 Å². The molecule has 0 amide bonds. The molecule has 0 atom stereocenters. The Kier molecular flexibility index (Phi) is 4.36. The number of imidazole rings is 1. The van der Waals surface area contributed by atoms with Crippen molar-refractivity contribution in [2.75, 3.05) is 18.9 Å². The Balaban J connectivity index is 2.08. The fourth-order valence-corrected chi connectivity index (χ4v) is 3.95. The maximum absolute atomic E-state index is 12.7. The lowest BCUT2D eigenvalue weighted by Crippen LogP contribution is -2.14. The average Bonchev–Trinajstić information content (AvgIpc) is 2.92. The van der Waals surface area contributed by atoms with Crippen molar-refractivity contribution in [1.29, 1.82) is 0 Å². The third kappa shape index (κ3) is 3.28. The van der Waals surface area contributed by atoms with Gasteiger partial charge in [0.1, 0.15) is 16.4 Å². The molecular weight excluding hydrogens is 370 g/mol. The van der Waals surface area contributed by atoms with Gasteiger partial charge in [0.15, 0.2) is 0 Å². The minimum atomic E-state index is -4.04. The molecule has 132 valence electrons. The predicted octanol–water partition coefficient (Wildman–Crippen LogP) is 2.33. The van der Waals surface area contributed by atoms with Gasteiger partial charge in [0.2, 0.25) is 0 Å². The Hall–Kier alpha value is -2.65. The number of anilines is 1. The summed E-state index contributed by atoms with van der Waals surface area (Å²) < 4.78 is 38.2. The monoisotopic (exact) mass is 383 g/mol. The maximum atomic E-state index is 12.7. The van der Waals surface area contributed by atoms with E-state index in [2.05, 4.69) is 14.7 Å². The Labute approximate surface area is 147 Å². The highest BCUT2D eigenvalue weighted by atomic mass is 35.5. The van der Waals surface area contributed by atoms with Crippen molar-refractivity contribution in [2.24, 2.45) is 0 Å². The van der Waals surface area contributed by atoms with Crippen LogP contribution in [0.3, 0.4) is 0 Å². The highest BCUT2D eigenvalue weighted by Gasteiger charge is 2.21. The highest BCUT2D eigenvalue weighted by Crippen LogP contribution is 2.33. The summed E-state index contributed by atoms with van der Waals surface area (Å²) in [5.74, 6) is 0.770. The van der Waals surface area contributed by atoms with Crippen molar-refractivity contribution in [3.63, 3.8) is 0 Å². The first kappa shape index (κ1) is 17.2. The van der Waals surface area contributed by atoms with Crippen LogP contribution in [-0.2, 0) is 10.0 Å². The van der Waals surface area contributed by atoms with E-state index in [4.69, 9.17) is 21.1 Å². The van der Waals surface area contributed by atoms with Gasteiger partial charge in [-0.2, -0.15) is 0 Å². The molecule has 1 heterocycles. The molecule has 3 N–H and O–H groups in total. The van der Waals surface area contributed by atoms with E-state index in [9.17, 15) is 13.2 Å². The molecule has 0 aliphatic rings. The number of methoxy groups -OCH3 is 2. The normalized spacial score (nSPS) is 11.5. The molecule has 0 unspecified atom stereocenters. The fourth-order valence-electron chi connectivity index (χ4n) is 2.34. The third-order valence-corrected chi connectivity index (χ3v) is 5.34. The molecule has 0 aliphatic heterocycles. The summed E-state index contributed by atoms with van der Waals surface area (Å²) in [5.41, 5.74) is 0.476. The molecule has 0 bridgehead atoms. The Bertz CT molecular complexity index is 1100. The van der Waals surface area contributed by atoms with Gasteiger partial charge >= 0.3 is 5.69 Å². The number of aromatic amines is 2. The van der Waals surface area contributed by atoms with Crippen molar-refractivity contribution in [2.45, 2.75) is 4.90 Å². The number of aromatic nitrogens is 2. The van der Waals surface area contributed by atoms with Crippen LogP contribution in [0, 0.1) is 0 Å². The summed E-state index contributed by atoms with van der Waals surface area (Å²) in [6.45, 7) is 0. The molecule has 0 aliphatic carbocycles. The first-order chi connectivity index (χ1) is 11.8. The van der Waals surface area contributed by atoms with E-state index < -0.39 is 15.7 Å². The molecule has 10 heteroatoms. The molecule has 25 heavy (non-hydrogen) atoms. The van der Waals surface area contributed by atoms with Gasteiger partial charge in [-0.25, -0.2) is 13.2 Å². The first-order valence-electron chi connectivity index (χ1n) is 7.00. The summed E-state index contributed by atoms with van der Waals surface area (Å²) in [7, 11) is -1.15. The van der Waals surface area contributed by atoms with Gasteiger partial charge in [-0.05, 0) is 24.3 Å². The molecule has 0 saturated heterocycles. The van der Waals surface area contributed by atoms with Crippen molar-refractivity contribution in [1.82, 2.24) is 9.97 Å². The molecule has 0 saturated carbocycles. The number of ether oxygens (including phenoxy) is 2. The maximum Gasteiger partial charge on any atom is 0.323 e. The van der Waals surface area contributed by atoms with Gasteiger partial charge in [-0.3, -0.25) is 4.72 Å². The van der Waals surface area contributed by atoms with Crippen molar-refractivity contribution in [3.05, 3.63) is 45.8 Å². The minimum absolute atomic E-state index is 0.0305. The molecule has 0 radical (unpaired) electrons. The van der Waals surface area contributed by atoms with Gasteiger partial charge < -0.3 is 19.4 Å². The van der Waals surface area contributed by atoms with Crippen LogP contribution in [-0.4, -0.2) is 32.6 Å². The van der Waals surface area contributed by atoms with Crippen LogP contribution in [0.15, 0.2) is 40.0 Å². The van der Waals surface area contributed by atoms with E-state index >= 15 is 0 Å². The topological polar surface area (TPSA) is 113 Å². The number of rotatable bonds is 5. The smallest absolute Gasteiger partial charge is 0.323 e. The first-order valence-corrected chi connectivity index (χ1v) is 8.86. The standard InChI is InChI=1S/C15H14ClN3O5S/c1-23-8-3-4-13(24-2)12(5-8)19-25(21,22)14-7-11-10(6-9(14)16)17-15(20)18-11/h3-7,19H,1-2H3,(H2,17,18,20). The number of benzene rings is 2. The van der Waals surface area contributed by atoms with Crippen LogP contribution in [0.2, 0.25) is 5.02 Å². The molecule has 0 fully saturated rings. The Morgan fingerprint density at radius 2 is 1.72 bits per heavy atom. The summed E-state index contributed by atoms with van der Waals surface area (Å²) in [6, 6.07) is 7.35. The van der Waals surface area contributed by atoms with Gasteiger partial charge in [0.05, 0.1) is 36.0 Å². The van der Waals surface area contributed by atoms with Crippen molar-refractivity contribution < 1.29 is 17.9 Å². The third-order valence-electron chi connectivity index (χ3n) is 3.51. The van der Waals surface area contributed by atoms with E-state index in [1.54, 1.807) is 12.1 Å². The van der Waals surface area contributed by atoms with Crippen LogP contribution >= 0.6 is 11.6 Å². The zero-order valence-corrected chi connectivity index (χ0v) is 14.8. The number of halogens is 1. The highest BCUT2D eigenvalue weighted by molar-refractivity contribution is 7.92. The van der Waals surface area contributed by atoms with Gasteiger partial charge in [0, 0.05) is 6.07 Å². The average molecular weight is 384 g/mol. The summed E-state index contributed by atoms with van der Waals surface area (Å²) in [6.07, 6.45) is 0. The number of hydrogen-bond donors (Lipinski definition) is 3. The summed E-state index contributed by atoms with van der Waals surface area (Å²) in [4.78, 5) is 16.2.